The third kappa shape index (κ3) is 3.75. The zero-order chi connectivity index (χ0) is 16.4. The Morgan fingerprint density at radius 1 is 1.09 bits per heavy atom. The number of carbonyl (C=O) groups excluding carboxylic acids is 1. The van der Waals surface area contributed by atoms with E-state index in [1.807, 2.05) is 29.2 Å². The molecule has 1 atom stereocenters. The highest BCUT2D eigenvalue weighted by Crippen LogP contribution is 2.21. The molecule has 0 aliphatic carbocycles. The van der Waals surface area contributed by atoms with Crippen LogP contribution in [0.3, 0.4) is 0 Å². The Morgan fingerprint density at radius 2 is 1.74 bits per heavy atom. The number of rotatable bonds is 2. The van der Waals surface area contributed by atoms with Crippen LogP contribution in [0.4, 0.5) is 0 Å². The van der Waals surface area contributed by atoms with Crippen molar-refractivity contribution in [3.8, 4) is 0 Å². The molecule has 1 aromatic carbocycles. The van der Waals surface area contributed by atoms with E-state index < -0.39 is 0 Å². The highest BCUT2D eigenvalue weighted by atomic mass is 16.2. The lowest BCUT2D eigenvalue weighted by molar-refractivity contribution is 0.0375. The van der Waals surface area contributed by atoms with E-state index in [-0.39, 0.29) is 5.91 Å². The molecular formula is C19H28N3O. The lowest BCUT2D eigenvalue weighted by Gasteiger charge is -2.44. The molecule has 125 valence electrons. The fraction of sp³-hybridized carbons (Fsp3) is 0.579. The van der Waals surface area contributed by atoms with E-state index in [2.05, 4.69) is 30.7 Å². The first kappa shape index (κ1) is 16.5. The van der Waals surface area contributed by atoms with Crippen LogP contribution in [0.5, 0.6) is 0 Å². The van der Waals surface area contributed by atoms with Crippen LogP contribution in [0.1, 0.15) is 35.7 Å². The summed E-state index contributed by atoms with van der Waals surface area (Å²) in [4.78, 5) is 19.6. The van der Waals surface area contributed by atoms with Crippen molar-refractivity contribution in [3.63, 3.8) is 0 Å². The smallest absolute Gasteiger partial charge is 0.253 e. The third-order valence-corrected chi connectivity index (χ3v) is 5.46. The van der Waals surface area contributed by atoms with Crippen molar-refractivity contribution < 1.29 is 4.79 Å². The summed E-state index contributed by atoms with van der Waals surface area (Å²) in [5.74, 6) is 0.162. The van der Waals surface area contributed by atoms with Gasteiger partial charge in [-0.2, -0.15) is 0 Å². The number of amides is 1. The molecule has 4 heteroatoms. The Hall–Kier alpha value is -1.39. The van der Waals surface area contributed by atoms with Gasteiger partial charge in [0.05, 0.1) is 0 Å². The van der Waals surface area contributed by atoms with Crippen LogP contribution in [0.15, 0.2) is 24.3 Å². The van der Waals surface area contributed by atoms with Crippen LogP contribution < -0.4 is 0 Å². The largest absolute Gasteiger partial charge is 0.339 e. The first-order valence-electron chi connectivity index (χ1n) is 8.70. The minimum Gasteiger partial charge on any atom is -0.339 e. The Labute approximate surface area is 140 Å². The second kappa shape index (κ2) is 7.02. The SMILES string of the molecule is [CH2]c1ccc(C(=O)N2CCC(N3CCN(C)C(C)C3)CC2)cc1. The average molecular weight is 314 g/mol. The predicted octanol–water partition coefficient (Wildman–Crippen LogP) is 2.11. The fourth-order valence-electron chi connectivity index (χ4n) is 3.67. The van der Waals surface area contributed by atoms with E-state index in [4.69, 9.17) is 0 Å². The molecule has 2 fully saturated rings. The molecule has 1 amide bonds. The lowest BCUT2D eigenvalue weighted by atomic mass is 10.00. The van der Waals surface area contributed by atoms with Crippen LogP contribution in [0.25, 0.3) is 0 Å². The molecule has 2 heterocycles. The van der Waals surface area contributed by atoms with Gasteiger partial charge in [0.25, 0.3) is 5.91 Å². The molecule has 0 aromatic heterocycles. The number of likely N-dealkylation sites (tertiary alicyclic amines) is 1. The molecule has 0 bridgehead atoms. The van der Waals surface area contributed by atoms with Crippen LogP contribution in [0, 0.1) is 6.92 Å². The van der Waals surface area contributed by atoms with Crippen molar-refractivity contribution in [1.29, 1.82) is 0 Å². The number of piperazine rings is 1. The molecule has 3 rings (SSSR count). The molecule has 1 unspecified atom stereocenters. The Bertz CT molecular complexity index is 534. The molecule has 2 aliphatic heterocycles. The number of hydrogen-bond donors (Lipinski definition) is 0. The zero-order valence-electron chi connectivity index (χ0n) is 14.4. The van der Waals surface area contributed by atoms with E-state index in [0.29, 0.717) is 12.1 Å². The van der Waals surface area contributed by atoms with Gasteiger partial charge >= 0.3 is 0 Å². The van der Waals surface area contributed by atoms with Crippen LogP contribution in [-0.4, -0.2) is 72.5 Å². The molecule has 2 saturated heterocycles. The standard InChI is InChI=1S/C19H28N3O/c1-15-4-6-17(7-5-15)19(23)21-10-8-18(9-11-21)22-13-12-20(3)16(2)14-22/h4-7,16,18H,1,8-14H2,2-3H3. The molecule has 1 aromatic rings. The van der Waals surface area contributed by atoms with Crippen LogP contribution >= 0.6 is 0 Å². The van der Waals surface area contributed by atoms with Gasteiger partial charge in [0.1, 0.15) is 0 Å². The number of likely N-dealkylation sites (N-methyl/N-ethyl adjacent to an activating group) is 1. The summed E-state index contributed by atoms with van der Waals surface area (Å²) in [5.41, 5.74) is 1.73. The number of benzene rings is 1. The summed E-state index contributed by atoms with van der Waals surface area (Å²) in [5, 5.41) is 0. The Balaban J connectivity index is 1.54. The van der Waals surface area contributed by atoms with Crippen molar-refractivity contribution >= 4 is 5.91 Å². The van der Waals surface area contributed by atoms with Crippen molar-refractivity contribution in [2.75, 3.05) is 39.8 Å². The van der Waals surface area contributed by atoms with Gasteiger partial charge in [0, 0.05) is 50.4 Å². The van der Waals surface area contributed by atoms with E-state index in [1.165, 1.54) is 0 Å². The minimum absolute atomic E-state index is 0.162. The summed E-state index contributed by atoms with van der Waals surface area (Å²) >= 11 is 0. The van der Waals surface area contributed by atoms with Gasteiger partial charge in [-0.3, -0.25) is 9.69 Å². The van der Waals surface area contributed by atoms with Crippen molar-refractivity contribution in [2.24, 2.45) is 0 Å². The summed E-state index contributed by atoms with van der Waals surface area (Å²) in [6, 6.07) is 8.86. The second-order valence-corrected chi connectivity index (χ2v) is 7.04. The molecule has 4 nitrogen and oxygen atoms in total. The van der Waals surface area contributed by atoms with Crippen molar-refractivity contribution in [1.82, 2.24) is 14.7 Å². The highest BCUT2D eigenvalue weighted by Gasteiger charge is 2.30. The number of carbonyl (C=O) groups is 1. The topological polar surface area (TPSA) is 26.8 Å². The van der Waals surface area contributed by atoms with Crippen LogP contribution in [0.2, 0.25) is 0 Å². The van der Waals surface area contributed by atoms with Gasteiger partial charge < -0.3 is 9.80 Å². The molecule has 0 spiro atoms. The number of hydrogen-bond acceptors (Lipinski definition) is 3. The Morgan fingerprint density at radius 3 is 2.35 bits per heavy atom. The molecule has 2 aliphatic rings. The highest BCUT2D eigenvalue weighted by molar-refractivity contribution is 5.94. The Kier molecular flexibility index (Phi) is 5.02. The first-order chi connectivity index (χ1) is 11.0. The summed E-state index contributed by atoms with van der Waals surface area (Å²) in [6.07, 6.45) is 2.19. The molecule has 0 saturated carbocycles. The van der Waals surface area contributed by atoms with Gasteiger partial charge in [-0.25, -0.2) is 0 Å². The van der Waals surface area contributed by atoms with Gasteiger partial charge in [0.2, 0.25) is 0 Å². The normalized spacial score (nSPS) is 24.8. The van der Waals surface area contributed by atoms with Crippen molar-refractivity contribution in [2.45, 2.75) is 31.8 Å². The maximum Gasteiger partial charge on any atom is 0.253 e. The van der Waals surface area contributed by atoms with E-state index in [9.17, 15) is 4.79 Å². The molecule has 0 N–H and O–H groups in total. The number of nitrogens with zero attached hydrogens (tertiary/aromatic N) is 3. The minimum atomic E-state index is 0.162. The van der Waals surface area contributed by atoms with E-state index in [0.717, 1.165) is 56.7 Å². The maximum atomic E-state index is 12.6. The lowest BCUT2D eigenvalue weighted by Crippen LogP contribution is -2.55. The van der Waals surface area contributed by atoms with E-state index in [1.54, 1.807) is 0 Å². The zero-order valence-corrected chi connectivity index (χ0v) is 14.4. The first-order valence-corrected chi connectivity index (χ1v) is 8.70. The van der Waals surface area contributed by atoms with Gasteiger partial charge in [-0.15, -0.1) is 0 Å². The fourth-order valence-corrected chi connectivity index (χ4v) is 3.67. The second-order valence-electron chi connectivity index (χ2n) is 7.04. The maximum absolute atomic E-state index is 12.6. The van der Waals surface area contributed by atoms with E-state index >= 15 is 0 Å². The molecular weight excluding hydrogens is 286 g/mol. The van der Waals surface area contributed by atoms with Crippen molar-refractivity contribution in [3.05, 3.63) is 42.3 Å². The average Bonchev–Trinajstić information content (AvgIpc) is 2.57. The molecule has 23 heavy (non-hydrogen) atoms. The quantitative estimate of drug-likeness (QED) is 0.836. The summed E-state index contributed by atoms with van der Waals surface area (Å²) in [7, 11) is 2.21. The number of piperidine rings is 1. The molecule has 1 radical (unpaired) electrons. The van der Waals surface area contributed by atoms with Gasteiger partial charge in [-0.05, 0) is 51.4 Å². The van der Waals surface area contributed by atoms with Gasteiger partial charge in [0.15, 0.2) is 0 Å². The van der Waals surface area contributed by atoms with Crippen LogP contribution in [-0.2, 0) is 0 Å². The summed E-state index contributed by atoms with van der Waals surface area (Å²) in [6.45, 7) is 11.4. The third-order valence-electron chi connectivity index (χ3n) is 5.46. The predicted molar refractivity (Wildman–Crippen MR) is 93.5 cm³/mol. The summed E-state index contributed by atoms with van der Waals surface area (Å²) < 4.78 is 0. The van der Waals surface area contributed by atoms with Gasteiger partial charge in [-0.1, -0.05) is 12.1 Å². The monoisotopic (exact) mass is 314 g/mol.